The van der Waals surface area contributed by atoms with Crippen LogP contribution in [0.4, 0.5) is 16.2 Å². The van der Waals surface area contributed by atoms with Gasteiger partial charge >= 0.3 is 13.7 Å². The molecule has 1 fully saturated rings. The lowest BCUT2D eigenvalue weighted by atomic mass is 10.1. The van der Waals surface area contributed by atoms with Crippen LogP contribution in [-0.4, -0.2) is 72.7 Å². The number of aliphatic carboxylic acids is 1. The van der Waals surface area contributed by atoms with Crippen LogP contribution in [0.2, 0.25) is 0 Å². The fourth-order valence-electron chi connectivity index (χ4n) is 3.56. The fraction of sp³-hybridized carbons (Fsp3) is 0.400. The third kappa shape index (κ3) is 5.46. The minimum Gasteiger partial charge on any atom is -0.480 e. The molecule has 3 heterocycles. The monoisotopic (exact) mass is 559 g/mol. The Hall–Kier alpha value is -3.07. The van der Waals surface area contributed by atoms with Gasteiger partial charge in [-0.15, -0.1) is 0 Å². The zero-order chi connectivity index (χ0) is 27.0. The van der Waals surface area contributed by atoms with Crippen LogP contribution >= 0.6 is 19.3 Å². The smallest absolute Gasteiger partial charge is 0.459 e. The summed E-state index contributed by atoms with van der Waals surface area (Å²) in [6.45, 7) is 0.539. The molecule has 37 heavy (non-hydrogen) atoms. The Morgan fingerprint density at radius 2 is 2.11 bits per heavy atom. The largest absolute Gasteiger partial charge is 0.480 e. The summed E-state index contributed by atoms with van der Waals surface area (Å²) in [5, 5.41) is 22.0. The van der Waals surface area contributed by atoms with E-state index in [1.54, 1.807) is 25.2 Å². The van der Waals surface area contributed by atoms with Crippen molar-refractivity contribution in [2.75, 3.05) is 24.7 Å². The van der Waals surface area contributed by atoms with E-state index in [1.807, 2.05) is 0 Å². The number of alkyl halides is 2. The fourth-order valence-corrected chi connectivity index (χ4v) is 5.36. The molecule has 200 valence electrons. The molecule has 14 nitrogen and oxygen atoms in total. The molecular weight excluding hydrogens is 536 g/mol. The molecule has 0 amide bonds. The van der Waals surface area contributed by atoms with Crippen molar-refractivity contribution >= 4 is 48.2 Å². The molecule has 1 unspecified atom stereocenters. The van der Waals surface area contributed by atoms with Gasteiger partial charge in [0, 0.05) is 7.05 Å². The highest BCUT2D eigenvalue weighted by atomic mass is 35.5. The third-order valence-corrected chi connectivity index (χ3v) is 7.46. The summed E-state index contributed by atoms with van der Waals surface area (Å²) in [7, 11) is -2.78. The number of carboxylic acid groups (broad SMARTS) is 1. The number of nitrogens with one attached hydrogen (secondary N) is 2. The van der Waals surface area contributed by atoms with Crippen LogP contribution in [0.3, 0.4) is 0 Å². The van der Waals surface area contributed by atoms with E-state index in [9.17, 15) is 19.6 Å². The Morgan fingerprint density at radius 3 is 2.76 bits per heavy atom. The molecule has 4 rings (SSSR count). The van der Waals surface area contributed by atoms with E-state index < -0.39 is 49.9 Å². The second-order valence-electron chi connectivity index (χ2n) is 8.04. The average Bonchev–Trinajstić information content (AvgIpc) is 3.35. The number of rotatable bonds is 10. The van der Waals surface area contributed by atoms with Crippen LogP contribution in [0.25, 0.3) is 11.2 Å². The number of aliphatic hydroxyl groups excluding tert-OH is 1. The molecule has 6 N–H and O–H groups in total. The number of nitrogens with two attached hydrogens (primary N) is 1. The van der Waals surface area contributed by atoms with Gasteiger partial charge in [0.2, 0.25) is 5.95 Å². The number of para-hydroxylation sites is 1. The number of carbonyl (C=O) groups is 1. The number of ether oxygens (including phenoxy) is 1. The molecule has 2 aromatic heterocycles. The van der Waals surface area contributed by atoms with Crippen LogP contribution in [0.5, 0.6) is 5.75 Å². The highest BCUT2D eigenvalue weighted by Crippen LogP contribution is 2.49. The first-order valence-corrected chi connectivity index (χ1v) is 12.8. The number of anilines is 2. The molecule has 1 aromatic carbocycles. The van der Waals surface area contributed by atoms with Crippen molar-refractivity contribution in [3.63, 3.8) is 0 Å². The minimum atomic E-state index is -4.36. The van der Waals surface area contributed by atoms with Crippen molar-refractivity contribution in [3.05, 3.63) is 36.7 Å². The molecule has 0 spiro atoms. The zero-order valence-corrected chi connectivity index (χ0v) is 21.1. The number of nitrogen functional groups attached to an aromatic ring is 1. The van der Waals surface area contributed by atoms with Gasteiger partial charge in [-0.3, -0.25) is 13.9 Å². The second kappa shape index (κ2) is 10.4. The lowest BCUT2D eigenvalue weighted by Gasteiger charge is -2.24. The predicted molar refractivity (Wildman–Crippen MR) is 130 cm³/mol. The second-order valence-corrected chi connectivity index (χ2v) is 10.3. The number of hydrogen-bond acceptors (Lipinski definition) is 11. The standard InChI is InChI=1S/C20H24ClFN7O7P/c1-10(17(31)32)28-37(33,36-11-6-4-3-5-7-11)34-8-12-14(30)20(21,22)18(35-12)29-9-25-13-15(24-2)26-19(23)27-16(13)29/h3-7,9-10,12,14,18,30H,8H2,1-2H3,(H,28,33)(H,31,32)(H3,23,24,26,27)/t10-,12+,14+,18+,20-,37?/m0/s1. The lowest BCUT2D eigenvalue weighted by Crippen LogP contribution is -2.39. The van der Waals surface area contributed by atoms with E-state index in [2.05, 4.69) is 25.4 Å². The Kier molecular flexibility index (Phi) is 7.55. The van der Waals surface area contributed by atoms with E-state index in [-0.39, 0.29) is 28.7 Å². The molecule has 6 atom stereocenters. The van der Waals surface area contributed by atoms with Crippen molar-refractivity contribution in [3.8, 4) is 5.75 Å². The maximum atomic E-state index is 15.6. The van der Waals surface area contributed by atoms with Crippen LogP contribution in [0, 0.1) is 0 Å². The van der Waals surface area contributed by atoms with Gasteiger partial charge in [-0.2, -0.15) is 15.1 Å². The molecular formula is C20H24ClFN7O7P. The first-order valence-electron chi connectivity index (χ1n) is 10.8. The lowest BCUT2D eigenvalue weighted by molar-refractivity contribution is -0.138. The molecule has 1 aliphatic rings. The van der Waals surface area contributed by atoms with Gasteiger partial charge < -0.3 is 30.5 Å². The van der Waals surface area contributed by atoms with Crippen molar-refractivity contribution in [1.29, 1.82) is 0 Å². The van der Waals surface area contributed by atoms with E-state index in [4.69, 9.17) is 31.1 Å². The van der Waals surface area contributed by atoms with E-state index in [1.165, 1.54) is 25.4 Å². The molecule has 0 bridgehead atoms. The summed E-state index contributed by atoms with van der Waals surface area (Å²) in [6.07, 6.45) is -3.89. The van der Waals surface area contributed by atoms with Gasteiger partial charge in [0.25, 0.3) is 5.13 Å². The highest BCUT2D eigenvalue weighted by molar-refractivity contribution is 7.52. The molecule has 3 aromatic rings. The zero-order valence-electron chi connectivity index (χ0n) is 19.5. The maximum Gasteiger partial charge on any atom is 0.459 e. The first kappa shape index (κ1) is 27.0. The maximum absolute atomic E-state index is 15.6. The third-order valence-electron chi connectivity index (χ3n) is 5.41. The van der Waals surface area contributed by atoms with Crippen molar-refractivity contribution in [1.82, 2.24) is 24.6 Å². The van der Waals surface area contributed by atoms with Crippen LogP contribution < -0.4 is 20.7 Å². The number of carboxylic acids is 1. The number of aromatic nitrogens is 4. The molecule has 1 aliphatic heterocycles. The Morgan fingerprint density at radius 1 is 1.41 bits per heavy atom. The van der Waals surface area contributed by atoms with Crippen molar-refractivity contribution in [2.45, 2.75) is 36.5 Å². The SMILES string of the molecule is CNc1nc(N)nc2c1ncn2[C@@H]1O[C@H](COP(=O)(N[C@@H](C)C(=O)O)Oc2ccccc2)[C@@H](O)[C@@]1(F)Cl. The summed E-state index contributed by atoms with van der Waals surface area (Å²) < 4.78 is 46.5. The van der Waals surface area contributed by atoms with Gasteiger partial charge in [0.1, 0.15) is 24.0 Å². The Bertz CT molecular complexity index is 1330. The van der Waals surface area contributed by atoms with Gasteiger partial charge in [0.05, 0.1) is 12.9 Å². The van der Waals surface area contributed by atoms with Crippen LogP contribution in [-0.2, 0) is 18.6 Å². The number of fused-ring (bicyclic) bond motifs is 1. The predicted octanol–water partition coefficient (Wildman–Crippen LogP) is 1.88. The van der Waals surface area contributed by atoms with Crippen LogP contribution in [0.15, 0.2) is 36.7 Å². The number of benzene rings is 1. The molecule has 1 saturated heterocycles. The number of aliphatic hydroxyl groups is 1. The Balaban J connectivity index is 1.58. The highest BCUT2D eigenvalue weighted by Gasteiger charge is 2.58. The van der Waals surface area contributed by atoms with Crippen molar-refractivity contribution < 1.29 is 37.7 Å². The topological polar surface area (TPSA) is 196 Å². The van der Waals surface area contributed by atoms with E-state index >= 15 is 4.39 Å². The van der Waals surface area contributed by atoms with Gasteiger partial charge in [-0.1, -0.05) is 29.8 Å². The average molecular weight is 560 g/mol. The van der Waals surface area contributed by atoms with Gasteiger partial charge in [0.15, 0.2) is 23.2 Å². The number of nitrogens with zero attached hydrogens (tertiary/aromatic N) is 4. The molecule has 17 heteroatoms. The number of halogens is 2. The summed E-state index contributed by atoms with van der Waals surface area (Å²) >= 11 is 6.06. The van der Waals surface area contributed by atoms with E-state index in [0.717, 1.165) is 4.57 Å². The van der Waals surface area contributed by atoms with Gasteiger partial charge in [-0.25, -0.2) is 13.9 Å². The normalized spacial score (nSPS) is 26.0. The Labute approximate surface area is 214 Å². The summed E-state index contributed by atoms with van der Waals surface area (Å²) in [6, 6.07) is 6.50. The summed E-state index contributed by atoms with van der Waals surface area (Å²) in [5.74, 6) is -1.07. The quantitative estimate of drug-likeness (QED) is 0.178. The first-order chi connectivity index (χ1) is 17.4. The molecule has 0 aliphatic carbocycles. The molecule has 0 radical (unpaired) electrons. The van der Waals surface area contributed by atoms with Crippen LogP contribution in [0.1, 0.15) is 13.2 Å². The molecule has 0 saturated carbocycles. The number of imidazole rings is 1. The summed E-state index contributed by atoms with van der Waals surface area (Å²) in [4.78, 5) is 23.5. The van der Waals surface area contributed by atoms with Crippen molar-refractivity contribution in [2.24, 2.45) is 0 Å². The summed E-state index contributed by atoms with van der Waals surface area (Å²) in [5.41, 5.74) is 6.06. The number of hydrogen-bond donors (Lipinski definition) is 5. The van der Waals surface area contributed by atoms with Gasteiger partial charge in [-0.05, 0) is 19.1 Å². The van der Waals surface area contributed by atoms with E-state index in [0.29, 0.717) is 0 Å². The minimum absolute atomic E-state index is 0.0772.